The summed E-state index contributed by atoms with van der Waals surface area (Å²) in [6.07, 6.45) is 0. The van der Waals surface area contributed by atoms with Gasteiger partial charge in [-0.1, -0.05) is 140 Å². The fourth-order valence-corrected chi connectivity index (χ4v) is 9.90. The first-order valence-electron chi connectivity index (χ1n) is 18.7. The summed E-state index contributed by atoms with van der Waals surface area (Å²) in [4.78, 5) is 5.22. The number of hydrogen-bond donors (Lipinski definition) is 0. The molecule has 8 aromatic carbocycles. The molecule has 12 rings (SSSR count). The van der Waals surface area contributed by atoms with Crippen molar-refractivity contribution in [2.75, 3.05) is 0 Å². The second kappa shape index (κ2) is 11.7. The van der Waals surface area contributed by atoms with E-state index in [0.717, 1.165) is 27.9 Å². The Morgan fingerprint density at radius 1 is 0.418 bits per heavy atom. The maximum atomic E-state index is 5.22. The number of thiophene rings is 1. The Balaban J connectivity index is 0.952. The number of aromatic nitrogens is 3. The molecule has 4 heteroatoms. The van der Waals surface area contributed by atoms with Crippen LogP contribution in [0.3, 0.4) is 0 Å². The smallest absolute Gasteiger partial charge is 0.156 e. The fourth-order valence-electron chi connectivity index (χ4n) is 8.73. The van der Waals surface area contributed by atoms with Crippen LogP contribution in [-0.4, -0.2) is 14.0 Å². The van der Waals surface area contributed by atoms with Crippen LogP contribution in [0.5, 0.6) is 0 Å². The van der Waals surface area contributed by atoms with Crippen LogP contribution in [0, 0.1) is 0 Å². The first-order valence-corrected chi connectivity index (χ1v) is 19.5. The molecule has 0 unspecified atom stereocenters. The molecule has 4 heterocycles. The highest BCUT2D eigenvalue weighted by molar-refractivity contribution is 7.26. The van der Waals surface area contributed by atoms with Crippen molar-refractivity contribution in [3.63, 3.8) is 0 Å². The highest BCUT2D eigenvalue weighted by Crippen LogP contribution is 2.43. The fraction of sp³-hybridized carbons (Fsp3) is 0. The van der Waals surface area contributed by atoms with Crippen LogP contribution in [0.15, 0.2) is 188 Å². The number of para-hydroxylation sites is 4. The third-order valence-electron chi connectivity index (χ3n) is 11.3. The summed E-state index contributed by atoms with van der Waals surface area (Å²) in [6.45, 7) is 0. The lowest BCUT2D eigenvalue weighted by Crippen LogP contribution is -1.93. The number of imidazole rings is 1. The number of nitrogens with zero attached hydrogens (tertiary/aromatic N) is 3. The molecule has 0 saturated heterocycles. The van der Waals surface area contributed by atoms with Gasteiger partial charge in [0.05, 0.1) is 32.5 Å². The van der Waals surface area contributed by atoms with Gasteiger partial charge in [0.1, 0.15) is 0 Å². The van der Waals surface area contributed by atoms with Crippen LogP contribution in [0.2, 0.25) is 0 Å². The van der Waals surface area contributed by atoms with Crippen LogP contribution >= 0.6 is 11.3 Å². The van der Waals surface area contributed by atoms with Gasteiger partial charge in [0.25, 0.3) is 0 Å². The van der Waals surface area contributed by atoms with Crippen LogP contribution in [0.25, 0.3) is 109 Å². The van der Waals surface area contributed by atoms with E-state index in [2.05, 4.69) is 197 Å². The number of pyridine rings is 1. The Bertz CT molecular complexity index is 3460. The van der Waals surface area contributed by atoms with Gasteiger partial charge < -0.3 is 4.57 Å². The third kappa shape index (κ3) is 4.59. The molecule has 0 amide bonds. The molecular weight excluding hydrogens is 687 g/mol. The first-order chi connectivity index (χ1) is 27.3. The second-order valence-electron chi connectivity index (χ2n) is 14.4. The van der Waals surface area contributed by atoms with E-state index in [0.29, 0.717) is 0 Å². The minimum atomic E-state index is 1.01. The van der Waals surface area contributed by atoms with E-state index < -0.39 is 0 Å². The summed E-state index contributed by atoms with van der Waals surface area (Å²) in [5.41, 5.74) is 13.9. The molecule has 0 radical (unpaired) electrons. The van der Waals surface area contributed by atoms with Gasteiger partial charge in [0.2, 0.25) is 0 Å². The standard InChI is InChI=1S/C51H31N3S/c1-2-11-38(12-3-1)53-44-16-8-6-14-40(44)41-28-26-37(30-47(41)53)34-20-18-32(19-21-34)33-22-24-36(25-23-33)46-31-42-49-39-13-5-4-10-35(39)27-29-48(49)55-50(42)51-52-43-15-7-9-17-45(43)54(46)51/h1-31H. The van der Waals surface area contributed by atoms with Gasteiger partial charge in [-0.2, -0.15) is 0 Å². The third-order valence-corrected chi connectivity index (χ3v) is 12.5. The lowest BCUT2D eigenvalue weighted by Gasteiger charge is -2.11. The summed E-state index contributed by atoms with van der Waals surface area (Å²) in [7, 11) is 0. The Kier molecular flexibility index (Phi) is 6.50. The molecule has 0 aliphatic rings. The van der Waals surface area contributed by atoms with Crippen molar-refractivity contribution in [2.24, 2.45) is 0 Å². The summed E-state index contributed by atoms with van der Waals surface area (Å²) in [5.74, 6) is 0. The quantitative estimate of drug-likeness (QED) is 0.178. The van der Waals surface area contributed by atoms with Crippen LogP contribution in [0.1, 0.15) is 0 Å². The van der Waals surface area contributed by atoms with Crippen LogP contribution in [0.4, 0.5) is 0 Å². The van der Waals surface area contributed by atoms with Gasteiger partial charge in [-0.25, -0.2) is 4.98 Å². The number of fused-ring (bicyclic) bond motifs is 12. The highest BCUT2D eigenvalue weighted by atomic mass is 32.1. The maximum Gasteiger partial charge on any atom is 0.156 e. The van der Waals surface area contributed by atoms with Gasteiger partial charge in [-0.3, -0.25) is 4.40 Å². The van der Waals surface area contributed by atoms with Crippen LogP contribution in [-0.2, 0) is 0 Å². The largest absolute Gasteiger partial charge is 0.309 e. The maximum absolute atomic E-state index is 5.22. The zero-order chi connectivity index (χ0) is 36.0. The van der Waals surface area contributed by atoms with Gasteiger partial charge in [-0.05, 0) is 87.1 Å². The molecule has 0 bridgehead atoms. The number of benzene rings is 8. The minimum Gasteiger partial charge on any atom is -0.309 e. The SMILES string of the molecule is c1ccc(-n2c3ccccc3c3ccc(-c4ccc(-c5ccc(-c6cc7c(sc8ccc9ccccc9c87)c7nc8ccccc8n67)cc5)cc4)cc32)cc1. The Hall–Kier alpha value is -7.01. The van der Waals surface area contributed by atoms with Crippen molar-refractivity contribution in [1.29, 1.82) is 0 Å². The molecular formula is C51H31N3S. The number of rotatable bonds is 4. The van der Waals surface area contributed by atoms with E-state index in [1.165, 1.54) is 80.7 Å². The molecule has 0 aliphatic carbocycles. The molecule has 0 atom stereocenters. The molecule has 256 valence electrons. The molecule has 0 fully saturated rings. The van der Waals surface area contributed by atoms with E-state index in [1.807, 2.05) is 11.3 Å². The minimum absolute atomic E-state index is 1.01. The Morgan fingerprint density at radius 2 is 1.04 bits per heavy atom. The van der Waals surface area contributed by atoms with Gasteiger partial charge in [0, 0.05) is 31.9 Å². The van der Waals surface area contributed by atoms with Crippen molar-refractivity contribution in [3.05, 3.63) is 188 Å². The van der Waals surface area contributed by atoms with Crippen molar-refractivity contribution in [2.45, 2.75) is 0 Å². The summed E-state index contributed by atoms with van der Waals surface area (Å²) < 4.78 is 7.25. The van der Waals surface area contributed by atoms with Crippen LogP contribution < -0.4 is 0 Å². The summed E-state index contributed by atoms with van der Waals surface area (Å²) in [6, 6.07) is 68.4. The van der Waals surface area contributed by atoms with E-state index in [9.17, 15) is 0 Å². The average molecular weight is 718 g/mol. The van der Waals surface area contributed by atoms with E-state index >= 15 is 0 Å². The lowest BCUT2D eigenvalue weighted by atomic mass is 9.98. The zero-order valence-electron chi connectivity index (χ0n) is 29.6. The van der Waals surface area contributed by atoms with E-state index in [1.54, 1.807) is 0 Å². The molecule has 4 aromatic heterocycles. The topological polar surface area (TPSA) is 22.2 Å². The predicted molar refractivity (Wildman–Crippen MR) is 234 cm³/mol. The molecule has 3 nitrogen and oxygen atoms in total. The lowest BCUT2D eigenvalue weighted by molar-refractivity contribution is 1.18. The molecule has 0 aliphatic heterocycles. The van der Waals surface area contributed by atoms with Crippen molar-refractivity contribution < 1.29 is 0 Å². The molecule has 0 N–H and O–H groups in total. The van der Waals surface area contributed by atoms with Gasteiger partial charge in [-0.15, -0.1) is 11.3 Å². The molecule has 0 spiro atoms. The first kappa shape index (κ1) is 30.5. The van der Waals surface area contributed by atoms with Crippen molar-refractivity contribution >= 4 is 80.8 Å². The normalized spacial score (nSPS) is 12.0. The summed E-state index contributed by atoms with van der Waals surface area (Å²) >= 11 is 1.84. The molecule has 55 heavy (non-hydrogen) atoms. The Morgan fingerprint density at radius 3 is 1.84 bits per heavy atom. The van der Waals surface area contributed by atoms with Crippen molar-refractivity contribution in [1.82, 2.24) is 14.0 Å². The second-order valence-corrected chi connectivity index (χ2v) is 15.4. The Labute approximate surface area is 320 Å². The monoisotopic (exact) mass is 717 g/mol. The molecule has 12 aromatic rings. The number of hydrogen-bond acceptors (Lipinski definition) is 2. The molecule has 0 saturated carbocycles. The van der Waals surface area contributed by atoms with E-state index in [-0.39, 0.29) is 0 Å². The summed E-state index contributed by atoms with van der Waals surface area (Å²) in [5, 5.41) is 7.65. The highest BCUT2D eigenvalue weighted by Gasteiger charge is 2.19. The van der Waals surface area contributed by atoms with Gasteiger partial charge in [0.15, 0.2) is 5.65 Å². The van der Waals surface area contributed by atoms with Gasteiger partial charge >= 0.3 is 0 Å². The van der Waals surface area contributed by atoms with E-state index in [4.69, 9.17) is 4.98 Å². The van der Waals surface area contributed by atoms with Crippen molar-refractivity contribution in [3.8, 4) is 39.2 Å². The predicted octanol–water partition coefficient (Wildman–Crippen LogP) is 14.1. The zero-order valence-corrected chi connectivity index (χ0v) is 30.5. The average Bonchev–Trinajstić information content (AvgIpc) is 3.94.